The van der Waals surface area contributed by atoms with Gasteiger partial charge >= 0.3 is 0 Å². The van der Waals surface area contributed by atoms with Crippen molar-refractivity contribution in [1.82, 2.24) is 24.8 Å². The standard InChI is InChI=1S/C34H39N5O3/c1-21-14-25(16-26-19-39(11-8-28(21)26)10-7-27(40)15-23-9-12-42-20-23)31-18-36-33-32(37-31)30(17-35-33)24-5-6-29(22(2)13-24)34(41)38(3)4/h5-6,13-14,16-18,23H,7-12,15,19-20H2,1-4H3,(H,35,36)/t23-/m0/s1. The van der Waals surface area contributed by atoms with Gasteiger partial charge < -0.3 is 14.6 Å². The molecule has 8 heteroatoms. The maximum Gasteiger partial charge on any atom is 0.253 e. The number of nitrogens with one attached hydrogen (secondary N) is 1. The molecule has 0 radical (unpaired) electrons. The highest BCUT2D eigenvalue weighted by molar-refractivity contribution is 5.97. The number of amides is 1. The van der Waals surface area contributed by atoms with Crippen molar-refractivity contribution in [3.05, 3.63) is 70.5 Å². The van der Waals surface area contributed by atoms with Crippen molar-refractivity contribution in [3.63, 3.8) is 0 Å². The Morgan fingerprint density at radius 1 is 1.12 bits per heavy atom. The fourth-order valence-corrected chi connectivity index (χ4v) is 6.33. The summed E-state index contributed by atoms with van der Waals surface area (Å²) in [6.45, 7) is 8.27. The van der Waals surface area contributed by atoms with Crippen molar-refractivity contribution in [2.24, 2.45) is 5.92 Å². The molecule has 2 aromatic carbocycles. The second-order valence-electron chi connectivity index (χ2n) is 12.1. The molecular weight excluding hydrogens is 526 g/mol. The molecule has 2 aromatic heterocycles. The summed E-state index contributed by atoms with van der Waals surface area (Å²) < 4.78 is 5.44. The quantitative estimate of drug-likeness (QED) is 0.310. The van der Waals surface area contributed by atoms with E-state index in [4.69, 9.17) is 14.7 Å². The van der Waals surface area contributed by atoms with Crippen LogP contribution >= 0.6 is 0 Å². The highest BCUT2D eigenvalue weighted by atomic mass is 16.5. The lowest BCUT2D eigenvalue weighted by Crippen LogP contribution is -2.33. The minimum Gasteiger partial charge on any atom is -0.381 e. The maximum atomic E-state index is 12.6. The number of aromatic nitrogens is 3. The van der Waals surface area contributed by atoms with Crippen LogP contribution in [0.15, 0.2) is 42.7 Å². The zero-order valence-electron chi connectivity index (χ0n) is 25.0. The van der Waals surface area contributed by atoms with Crippen molar-refractivity contribution in [2.45, 2.75) is 46.1 Å². The first kappa shape index (κ1) is 28.2. The smallest absolute Gasteiger partial charge is 0.253 e. The van der Waals surface area contributed by atoms with E-state index in [2.05, 4.69) is 28.9 Å². The number of hydrogen-bond donors (Lipinski definition) is 1. The van der Waals surface area contributed by atoms with Crippen molar-refractivity contribution in [3.8, 4) is 22.4 Å². The van der Waals surface area contributed by atoms with Crippen LogP contribution in [0.25, 0.3) is 33.5 Å². The average molecular weight is 566 g/mol. The number of carbonyl (C=O) groups is 2. The Bertz CT molecular complexity index is 1650. The number of ether oxygens (including phenoxy) is 1. The number of aromatic amines is 1. The number of fused-ring (bicyclic) bond motifs is 2. The number of carbonyl (C=O) groups excluding carboxylic acids is 2. The van der Waals surface area contributed by atoms with Gasteiger partial charge in [0.2, 0.25) is 0 Å². The predicted octanol–water partition coefficient (Wildman–Crippen LogP) is 5.35. The first-order chi connectivity index (χ1) is 20.3. The number of hydrogen-bond acceptors (Lipinski definition) is 6. The molecule has 2 aliphatic heterocycles. The summed E-state index contributed by atoms with van der Waals surface area (Å²) in [5.41, 5.74) is 11.0. The summed E-state index contributed by atoms with van der Waals surface area (Å²) in [5, 5.41) is 0. The lowest BCUT2D eigenvalue weighted by molar-refractivity contribution is -0.120. The molecular formula is C34H39N5O3. The second kappa shape index (κ2) is 11.8. The number of rotatable bonds is 8. The lowest BCUT2D eigenvalue weighted by atomic mass is 9.91. The van der Waals surface area contributed by atoms with Gasteiger partial charge in [-0.05, 0) is 78.6 Å². The number of aryl methyl sites for hydroxylation is 2. The average Bonchev–Trinajstić information content (AvgIpc) is 3.65. The normalized spacial score (nSPS) is 17.0. The monoisotopic (exact) mass is 565 g/mol. The minimum atomic E-state index is -0.00724. The highest BCUT2D eigenvalue weighted by Gasteiger charge is 2.23. The lowest BCUT2D eigenvalue weighted by Gasteiger charge is -2.30. The summed E-state index contributed by atoms with van der Waals surface area (Å²) in [6, 6.07) is 10.4. The van der Waals surface area contributed by atoms with Crippen LogP contribution in [0.2, 0.25) is 0 Å². The molecule has 4 aromatic rings. The van der Waals surface area contributed by atoms with Crippen molar-refractivity contribution in [1.29, 1.82) is 0 Å². The molecule has 4 heterocycles. The van der Waals surface area contributed by atoms with Crippen molar-refractivity contribution >= 4 is 22.9 Å². The van der Waals surface area contributed by atoms with E-state index in [1.807, 2.05) is 37.5 Å². The fourth-order valence-electron chi connectivity index (χ4n) is 6.33. The van der Waals surface area contributed by atoms with Crippen molar-refractivity contribution < 1.29 is 14.3 Å². The zero-order chi connectivity index (χ0) is 29.4. The molecule has 6 rings (SSSR count). The largest absolute Gasteiger partial charge is 0.381 e. The van der Waals surface area contributed by atoms with Gasteiger partial charge in [0, 0.05) is 82.7 Å². The van der Waals surface area contributed by atoms with Gasteiger partial charge in [-0.25, -0.2) is 9.97 Å². The molecule has 0 aliphatic carbocycles. The van der Waals surface area contributed by atoms with E-state index < -0.39 is 0 Å². The van der Waals surface area contributed by atoms with Crippen LogP contribution in [0.3, 0.4) is 0 Å². The summed E-state index contributed by atoms with van der Waals surface area (Å²) in [7, 11) is 3.53. The van der Waals surface area contributed by atoms with Gasteiger partial charge in [0.05, 0.1) is 11.9 Å². The van der Waals surface area contributed by atoms with Crippen molar-refractivity contribution in [2.75, 3.05) is 40.4 Å². The summed E-state index contributed by atoms with van der Waals surface area (Å²) in [5.74, 6) is 0.743. The molecule has 1 atom stereocenters. The van der Waals surface area contributed by atoms with Crippen LogP contribution in [-0.2, 0) is 22.5 Å². The molecule has 0 unspecified atom stereocenters. The Hall–Kier alpha value is -3.88. The SMILES string of the molecule is Cc1cc(-c2c[nH]c3ncc(-c4cc(C)c5c(c4)CN(CCC(=O)C[C@@H]4CCOC4)CC5)nc23)ccc1C(=O)N(C)C. The molecule has 0 spiro atoms. The van der Waals surface area contributed by atoms with E-state index in [9.17, 15) is 9.59 Å². The van der Waals surface area contributed by atoms with E-state index in [-0.39, 0.29) is 5.91 Å². The second-order valence-corrected chi connectivity index (χ2v) is 12.1. The fraction of sp³-hybridized carbons (Fsp3) is 0.412. The molecule has 0 bridgehead atoms. The third kappa shape index (κ3) is 5.74. The number of Topliss-reactive ketones (excluding diaryl/α,β-unsaturated/α-hetero) is 1. The topological polar surface area (TPSA) is 91.4 Å². The number of benzene rings is 2. The molecule has 1 amide bonds. The molecule has 1 saturated heterocycles. The Morgan fingerprint density at radius 2 is 1.95 bits per heavy atom. The summed E-state index contributed by atoms with van der Waals surface area (Å²) >= 11 is 0. The van der Waals surface area contributed by atoms with Gasteiger partial charge in [-0.1, -0.05) is 12.1 Å². The first-order valence-corrected chi connectivity index (χ1v) is 14.9. The van der Waals surface area contributed by atoms with Gasteiger partial charge in [0.15, 0.2) is 5.65 Å². The third-order valence-electron chi connectivity index (χ3n) is 8.74. The van der Waals surface area contributed by atoms with Gasteiger partial charge in [0.25, 0.3) is 5.91 Å². The molecule has 1 N–H and O–H groups in total. The van der Waals surface area contributed by atoms with E-state index in [1.165, 1.54) is 16.7 Å². The van der Waals surface area contributed by atoms with E-state index in [0.717, 1.165) is 84.8 Å². The van der Waals surface area contributed by atoms with E-state index in [0.29, 0.717) is 30.1 Å². The van der Waals surface area contributed by atoms with E-state index in [1.54, 1.807) is 19.0 Å². The maximum absolute atomic E-state index is 12.6. The van der Waals surface area contributed by atoms with Crippen LogP contribution in [0.4, 0.5) is 0 Å². The van der Waals surface area contributed by atoms with Crippen LogP contribution < -0.4 is 0 Å². The number of ketones is 1. The molecule has 218 valence electrons. The minimum absolute atomic E-state index is 0.00724. The molecule has 1 fully saturated rings. The van der Waals surface area contributed by atoms with E-state index >= 15 is 0 Å². The highest BCUT2D eigenvalue weighted by Crippen LogP contribution is 2.32. The van der Waals surface area contributed by atoms with Gasteiger partial charge in [-0.15, -0.1) is 0 Å². The Labute approximate surface area is 247 Å². The zero-order valence-corrected chi connectivity index (χ0v) is 25.0. The van der Waals surface area contributed by atoms with Gasteiger partial charge in [-0.2, -0.15) is 0 Å². The first-order valence-electron chi connectivity index (χ1n) is 14.9. The van der Waals surface area contributed by atoms with Crippen LogP contribution in [0.5, 0.6) is 0 Å². The predicted molar refractivity (Wildman–Crippen MR) is 164 cm³/mol. The van der Waals surface area contributed by atoms with Gasteiger partial charge in [0.1, 0.15) is 11.3 Å². The third-order valence-corrected chi connectivity index (χ3v) is 8.74. The summed E-state index contributed by atoms with van der Waals surface area (Å²) in [4.78, 5) is 42.1. The van der Waals surface area contributed by atoms with Gasteiger partial charge in [-0.3, -0.25) is 14.5 Å². The Morgan fingerprint density at radius 3 is 2.71 bits per heavy atom. The molecule has 42 heavy (non-hydrogen) atoms. The van der Waals surface area contributed by atoms with Crippen LogP contribution in [0, 0.1) is 19.8 Å². The molecule has 8 nitrogen and oxygen atoms in total. The van der Waals surface area contributed by atoms with Crippen LogP contribution in [-0.4, -0.2) is 76.8 Å². The Kier molecular flexibility index (Phi) is 7.92. The summed E-state index contributed by atoms with van der Waals surface area (Å²) in [6.07, 6.45) is 7.02. The number of nitrogens with zero attached hydrogens (tertiary/aromatic N) is 4. The molecule has 2 aliphatic rings. The van der Waals surface area contributed by atoms with Crippen LogP contribution in [0.1, 0.15) is 51.9 Å². The molecule has 0 saturated carbocycles. The Balaban J connectivity index is 1.23. The number of H-pyrrole nitrogens is 1.